The van der Waals surface area contributed by atoms with E-state index in [1.54, 1.807) is 30.3 Å². The van der Waals surface area contributed by atoms with Gasteiger partial charge in [0.05, 0.1) is 6.40 Å². The van der Waals surface area contributed by atoms with Gasteiger partial charge in [0.2, 0.25) is 5.91 Å². The zero-order valence-electron chi connectivity index (χ0n) is 9.63. The molecule has 0 heterocycles. The largest absolute Gasteiger partial charge is 0.480 e. The smallest absolute Gasteiger partial charge is 0.327 e. The lowest BCUT2D eigenvalue weighted by atomic mass is 10.1. The van der Waals surface area contributed by atoms with Gasteiger partial charge in [-0.2, -0.15) is 0 Å². The number of carboxylic acids is 1. The van der Waals surface area contributed by atoms with Crippen molar-refractivity contribution in [1.29, 1.82) is 0 Å². The molecular weight excluding hydrogens is 230 g/mol. The molecule has 0 radical (unpaired) electrons. The van der Waals surface area contributed by atoms with Crippen LogP contribution in [-0.2, 0) is 16.0 Å². The molecule has 1 amide bonds. The number of halogens is 1. The van der Waals surface area contributed by atoms with Gasteiger partial charge in [0.1, 0.15) is 6.04 Å². The van der Waals surface area contributed by atoms with Crippen LogP contribution >= 0.6 is 11.8 Å². The molecule has 0 aliphatic carbocycles. The molecule has 0 aliphatic rings. The van der Waals surface area contributed by atoms with Crippen LogP contribution in [0.5, 0.6) is 0 Å². The number of rotatable bonds is 4. The predicted molar refractivity (Wildman–Crippen MR) is 59.9 cm³/mol. The summed E-state index contributed by atoms with van der Waals surface area (Å²) >= 11 is 5.60. The molecular formula is C11H12ClNO3. The standard InChI is InChI=1S/C11H12ClNO3/c1-8(11(15)16)13(12)10(14)7-9-5-3-2-4-6-9/h2-6,8H,7H2,1H3,(H,15,16)/t8-/m0/s1/i7D/t7?,8-. The van der Waals surface area contributed by atoms with Gasteiger partial charge in [-0.1, -0.05) is 30.3 Å². The average Bonchev–Trinajstić information content (AvgIpc) is 2.36. The quantitative estimate of drug-likeness (QED) is 0.818. The van der Waals surface area contributed by atoms with Crippen LogP contribution in [0.3, 0.4) is 0 Å². The molecule has 1 aromatic carbocycles. The Hall–Kier alpha value is -1.55. The molecule has 1 N–H and O–H groups in total. The second-order valence-electron chi connectivity index (χ2n) is 3.22. The van der Waals surface area contributed by atoms with Crippen LogP contribution in [0, 0.1) is 0 Å². The van der Waals surface area contributed by atoms with Gasteiger partial charge in [0, 0.05) is 13.1 Å². The van der Waals surface area contributed by atoms with E-state index in [2.05, 4.69) is 0 Å². The highest BCUT2D eigenvalue weighted by molar-refractivity contribution is 6.22. The van der Waals surface area contributed by atoms with E-state index >= 15 is 0 Å². The van der Waals surface area contributed by atoms with E-state index in [1.807, 2.05) is 0 Å². The summed E-state index contributed by atoms with van der Waals surface area (Å²) in [6.07, 6.45) is -1.21. The van der Waals surface area contributed by atoms with E-state index in [1.165, 1.54) is 6.92 Å². The average molecular weight is 243 g/mol. The first-order valence-corrected chi connectivity index (χ1v) is 4.97. The molecule has 0 saturated heterocycles. The molecule has 86 valence electrons. The maximum atomic E-state index is 11.7. The lowest BCUT2D eigenvalue weighted by Gasteiger charge is -2.17. The van der Waals surface area contributed by atoms with Crippen LogP contribution in [0.15, 0.2) is 30.3 Å². The van der Waals surface area contributed by atoms with Crippen LogP contribution < -0.4 is 0 Å². The third-order valence-corrected chi connectivity index (χ3v) is 2.46. The van der Waals surface area contributed by atoms with Crippen molar-refractivity contribution in [3.05, 3.63) is 35.9 Å². The highest BCUT2D eigenvalue weighted by atomic mass is 35.5. The van der Waals surface area contributed by atoms with E-state index in [-0.39, 0.29) is 0 Å². The summed E-state index contributed by atoms with van der Waals surface area (Å²) in [4.78, 5) is 22.4. The summed E-state index contributed by atoms with van der Waals surface area (Å²) in [6, 6.07) is 7.23. The van der Waals surface area contributed by atoms with E-state index in [0.29, 0.717) is 9.98 Å². The minimum Gasteiger partial charge on any atom is -0.480 e. The molecule has 5 heteroatoms. The van der Waals surface area contributed by atoms with Crippen LogP contribution in [0.25, 0.3) is 0 Å². The third kappa shape index (κ3) is 3.24. The minimum absolute atomic E-state index is 0.473. The summed E-state index contributed by atoms with van der Waals surface area (Å²) in [5.74, 6) is -1.97. The first-order valence-electron chi connectivity index (χ1n) is 5.21. The topological polar surface area (TPSA) is 57.6 Å². The number of carbonyl (C=O) groups excluding carboxylic acids is 1. The van der Waals surface area contributed by atoms with Gasteiger partial charge >= 0.3 is 5.97 Å². The van der Waals surface area contributed by atoms with E-state index in [9.17, 15) is 9.59 Å². The van der Waals surface area contributed by atoms with Crippen molar-refractivity contribution in [2.45, 2.75) is 19.4 Å². The normalized spacial score (nSPS) is 14.8. The fraction of sp³-hybridized carbons (Fsp3) is 0.273. The van der Waals surface area contributed by atoms with Gasteiger partial charge in [-0.25, -0.2) is 9.21 Å². The molecule has 1 unspecified atom stereocenters. The van der Waals surface area contributed by atoms with Gasteiger partial charge in [-0.3, -0.25) is 4.79 Å². The van der Waals surface area contributed by atoms with Crippen molar-refractivity contribution >= 4 is 23.7 Å². The Labute approximate surface area is 100.0 Å². The van der Waals surface area contributed by atoms with Gasteiger partial charge in [-0.15, -0.1) is 0 Å². The monoisotopic (exact) mass is 242 g/mol. The SMILES string of the molecule is [2H]C(C(=O)N(Cl)[C@@H](C)C(=O)O)c1ccccc1. The van der Waals surface area contributed by atoms with Gasteiger partial charge in [0.25, 0.3) is 0 Å². The Morgan fingerprint density at radius 3 is 2.56 bits per heavy atom. The molecule has 0 bridgehead atoms. The molecule has 0 saturated carbocycles. The van der Waals surface area contributed by atoms with Crippen LogP contribution in [0.4, 0.5) is 0 Å². The molecule has 0 spiro atoms. The Balaban J connectivity index is 2.80. The molecule has 4 nitrogen and oxygen atoms in total. The molecule has 0 fully saturated rings. The summed E-state index contributed by atoms with van der Waals surface area (Å²) < 4.78 is 8.26. The van der Waals surface area contributed by atoms with Crippen LogP contribution in [-0.4, -0.2) is 27.4 Å². The molecule has 0 aromatic heterocycles. The van der Waals surface area contributed by atoms with Crippen molar-refractivity contribution in [3.8, 4) is 0 Å². The highest BCUT2D eigenvalue weighted by Gasteiger charge is 2.23. The second kappa shape index (κ2) is 5.51. The molecule has 2 atom stereocenters. The Morgan fingerprint density at radius 1 is 1.50 bits per heavy atom. The van der Waals surface area contributed by atoms with Crippen molar-refractivity contribution in [2.24, 2.45) is 0 Å². The Kier molecular flexibility index (Phi) is 3.77. The van der Waals surface area contributed by atoms with Crippen molar-refractivity contribution in [3.63, 3.8) is 0 Å². The molecule has 16 heavy (non-hydrogen) atoms. The number of hydrogen-bond donors (Lipinski definition) is 1. The minimum atomic E-state index is -1.21. The molecule has 0 aliphatic heterocycles. The highest BCUT2D eigenvalue weighted by Crippen LogP contribution is 2.09. The fourth-order valence-corrected chi connectivity index (χ4v) is 1.17. The van der Waals surface area contributed by atoms with Crippen LogP contribution in [0.1, 0.15) is 13.9 Å². The summed E-state index contributed by atoms with van der Waals surface area (Å²) in [7, 11) is 0. The maximum absolute atomic E-state index is 11.7. The first-order chi connectivity index (χ1) is 7.95. The maximum Gasteiger partial charge on any atom is 0.327 e. The zero-order valence-corrected chi connectivity index (χ0v) is 9.39. The summed E-state index contributed by atoms with van der Waals surface area (Å²) in [6.45, 7) is 1.28. The lowest BCUT2D eigenvalue weighted by molar-refractivity contribution is -0.145. The van der Waals surface area contributed by atoms with Gasteiger partial charge in [-0.05, 0) is 12.5 Å². The first kappa shape index (κ1) is 11.0. The Morgan fingerprint density at radius 2 is 2.06 bits per heavy atom. The number of nitrogens with zero attached hydrogens (tertiary/aromatic N) is 1. The van der Waals surface area contributed by atoms with Crippen LogP contribution in [0.2, 0.25) is 0 Å². The van der Waals surface area contributed by atoms with Crippen molar-refractivity contribution in [1.82, 2.24) is 4.42 Å². The van der Waals surface area contributed by atoms with Gasteiger partial charge in [0.15, 0.2) is 0 Å². The Bertz CT molecular complexity index is 412. The van der Waals surface area contributed by atoms with Crippen molar-refractivity contribution in [2.75, 3.05) is 0 Å². The fourth-order valence-electron chi connectivity index (χ4n) is 1.04. The number of benzene rings is 1. The number of hydrogen-bond acceptors (Lipinski definition) is 2. The van der Waals surface area contributed by atoms with E-state index in [0.717, 1.165) is 0 Å². The number of amides is 1. The number of carbonyl (C=O) groups is 2. The molecule has 1 rings (SSSR count). The number of aliphatic carboxylic acids is 1. The second-order valence-corrected chi connectivity index (χ2v) is 3.58. The molecule has 1 aromatic rings. The predicted octanol–water partition coefficient (Wildman–Crippen LogP) is 1.68. The lowest BCUT2D eigenvalue weighted by Crippen LogP contribution is -2.37. The zero-order chi connectivity index (χ0) is 13.0. The van der Waals surface area contributed by atoms with Gasteiger partial charge < -0.3 is 5.11 Å². The number of carboxylic acid groups (broad SMARTS) is 1. The van der Waals surface area contributed by atoms with E-state index < -0.39 is 24.3 Å². The third-order valence-electron chi connectivity index (χ3n) is 2.00. The summed E-state index contributed by atoms with van der Waals surface area (Å²) in [5.41, 5.74) is 0.473. The van der Waals surface area contributed by atoms with E-state index in [4.69, 9.17) is 18.3 Å². The van der Waals surface area contributed by atoms with Crippen molar-refractivity contribution < 1.29 is 16.1 Å². The summed E-state index contributed by atoms with van der Waals surface area (Å²) in [5, 5.41) is 8.71.